The fraction of sp³-hybridized carbons (Fsp3) is 0.364. The predicted octanol–water partition coefficient (Wildman–Crippen LogP) is 1.78. The van der Waals surface area contributed by atoms with E-state index in [0.717, 1.165) is 18.9 Å². The third-order valence-electron chi connectivity index (χ3n) is 2.71. The maximum Gasteiger partial charge on any atom is 0.256 e. The topological polar surface area (TPSA) is 46.3 Å². The number of carbonyl (C=O) groups is 1. The Labute approximate surface area is 91.8 Å². The maximum absolute atomic E-state index is 13.4. The van der Waals surface area contributed by atoms with E-state index in [1.807, 2.05) is 0 Å². The molecule has 1 aromatic carbocycles. The van der Waals surface area contributed by atoms with Crippen LogP contribution in [0.2, 0.25) is 0 Å². The standard InChI is InChI=1S/C11H12F2N2O/c12-8-6-9(13)10(14)5-7(8)11(16)15-3-1-2-4-15/h5-6H,1-4,14H2. The van der Waals surface area contributed by atoms with Crippen LogP contribution in [0.4, 0.5) is 14.5 Å². The molecule has 0 aromatic heterocycles. The molecule has 0 unspecified atom stereocenters. The Hall–Kier alpha value is -1.65. The van der Waals surface area contributed by atoms with Gasteiger partial charge in [0.1, 0.15) is 11.6 Å². The molecule has 0 bridgehead atoms. The summed E-state index contributed by atoms with van der Waals surface area (Å²) in [6, 6.07) is 1.71. The van der Waals surface area contributed by atoms with Gasteiger partial charge in [-0.2, -0.15) is 0 Å². The van der Waals surface area contributed by atoms with Crippen LogP contribution in [-0.4, -0.2) is 23.9 Å². The lowest BCUT2D eigenvalue weighted by molar-refractivity contribution is 0.0788. The summed E-state index contributed by atoms with van der Waals surface area (Å²) in [5.74, 6) is -2.11. The summed E-state index contributed by atoms with van der Waals surface area (Å²) in [4.78, 5) is 13.4. The molecule has 3 nitrogen and oxygen atoms in total. The van der Waals surface area contributed by atoms with Crippen LogP contribution in [0.1, 0.15) is 23.2 Å². The van der Waals surface area contributed by atoms with Crippen LogP contribution in [-0.2, 0) is 0 Å². The number of nitrogen functional groups attached to an aromatic ring is 1. The fourth-order valence-corrected chi connectivity index (χ4v) is 1.82. The van der Waals surface area contributed by atoms with Crippen LogP contribution < -0.4 is 5.73 Å². The Balaban J connectivity index is 2.32. The molecular formula is C11H12F2N2O. The molecule has 1 fully saturated rings. The monoisotopic (exact) mass is 226 g/mol. The fourth-order valence-electron chi connectivity index (χ4n) is 1.82. The van der Waals surface area contributed by atoms with Gasteiger partial charge in [-0.25, -0.2) is 8.78 Å². The summed E-state index contributed by atoms with van der Waals surface area (Å²) >= 11 is 0. The van der Waals surface area contributed by atoms with Crippen LogP contribution in [0, 0.1) is 11.6 Å². The normalized spacial score (nSPS) is 15.5. The lowest BCUT2D eigenvalue weighted by atomic mass is 10.1. The minimum atomic E-state index is -0.858. The molecule has 1 heterocycles. The van der Waals surface area contributed by atoms with E-state index < -0.39 is 17.5 Å². The van der Waals surface area contributed by atoms with Crippen molar-refractivity contribution in [2.24, 2.45) is 0 Å². The van der Waals surface area contributed by atoms with E-state index in [-0.39, 0.29) is 11.3 Å². The first-order valence-corrected chi connectivity index (χ1v) is 5.13. The molecule has 0 aliphatic carbocycles. The maximum atomic E-state index is 13.4. The zero-order chi connectivity index (χ0) is 11.7. The molecule has 16 heavy (non-hydrogen) atoms. The Morgan fingerprint density at radius 2 is 1.81 bits per heavy atom. The van der Waals surface area contributed by atoms with Gasteiger partial charge < -0.3 is 10.6 Å². The van der Waals surface area contributed by atoms with E-state index in [1.54, 1.807) is 4.90 Å². The first-order valence-electron chi connectivity index (χ1n) is 5.13. The van der Waals surface area contributed by atoms with Gasteiger partial charge in [0.2, 0.25) is 0 Å². The summed E-state index contributed by atoms with van der Waals surface area (Å²) in [6.45, 7) is 1.24. The van der Waals surface area contributed by atoms with Crippen LogP contribution in [0.15, 0.2) is 12.1 Å². The second-order valence-electron chi connectivity index (χ2n) is 3.85. The van der Waals surface area contributed by atoms with Gasteiger partial charge in [0.25, 0.3) is 5.91 Å². The highest BCUT2D eigenvalue weighted by atomic mass is 19.1. The Morgan fingerprint density at radius 3 is 2.44 bits per heavy atom. The molecule has 1 amide bonds. The number of benzene rings is 1. The zero-order valence-corrected chi connectivity index (χ0v) is 8.67. The number of carbonyl (C=O) groups excluding carboxylic acids is 1. The number of likely N-dealkylation sites (tertiary alicyclic amines) is 1. The molecule has 1 aliphatic heterocycles. The molecule has 1 saturated heterocycles. The number of amides is 1. The molecule has 86 valence electrons. The largest absolute Gasteiger partial charge is 0.396 e. The van der Waals surface area contributed by atoms with Gasteiger partial charge in [-0.15, -0.1) is 0 Å². The van der Waals surface area contributed by atoms with Gasteiger partial charge in [-0.1, -0.05) is 0 Å². The number of hydrogen-bond donors (Lipinski definition) is 1. The molecule has 0 radical (unpaired) electrons. The van der Waals surface area contributed by atoms with Crippen LogP contribution >= 0.6 is 0 Å². The first-order chi connectivity index (χ1) is 7.59. The Kier molecular flexibility index (Phi) is 2.77. The lowest BCUT2D eigenvalue weighted by Gasteiger charge is -2.15. The average molecular weight is 226 g/mol. The van der Waals surface area contributed by atoms with Crippen molar-refractivity contribution >= 4 is 11.6 Å². The second kappa shape index (κ2) is 4.08. The third kappa shape index (κ3) is 1.85. The lowest BCUT2D eigenvalue weighted by Crippen LogP contribution is -2.28. The Morgan fingerprint density at radius 1 is 1.19 bits per heavy atom. The predicted molar refractivity (Wildman–Crippen MR) is 55.9 cm³/mol. The van der Waals surface area contributed by atoms with Gasteiger partial charge in [0.05, 0.1) is 11.3 Å². The highest BCUT2D eigenvalue weighted by Crippen LogP contribution is 2.20. The highest BCUT2D eigenvalue weighted by molar-refractivity contribution is 5.95. The molecule has 5 heteroatoms. The van der Waals surface area contributed by atoms with Gasteiger partial charge in [0, 0.05) is 19.2 Å². The van der Waals surface area contributed by atoms with Gasteiger partial charge in [0.15, 0.2) is 0 Å². The molecule has 2 rings (SSSR count). The minimum Gasteiger partial charge on any atom is -0.396 e. The van der Waals surface area contributed by atoms with Crippen molar-refractivity contribution in [3.63, 3.8) is 0 Å². The van der Waals surface area contributed by atoms with Gasteiger partial charge in [-0.3, -0.25) is 4.79 Å². The van der Waals surface area contributed by atoms with Crippen molar-refractivity contribution in [2.75, 3.05) is 18.8 Å². The Bertz CT molecular complexity index is 428. The second-order valence-corrected chi connectivity index (χ2v) is 3.85. The summed E-state index contributed by atoms with van der Waals surface area (Å²) in [5, 5.41) is 0. The summed E-state index contributed by atoms with van der Waals surface area (Å²) in [6.07, 6.45) is 1.84. The van der Waals surface area contributed by atoms with E-state index in [4.69, 9.17) is 5.73 Å². The third-order valence-corrected chi connectivity index (χ3v) is 2.71. The van der Waals surface area contributed by atoms with E-state index in [1.165, 1.54) is 0 Å². The molecule has 0 saturated carbocycles. The number of anilines is 1. The number of nitrogens with zero attached hydrogens (tertiary/aromatic N) is 1. The molecular weight excluding hydrogens is 214 g/mol. The first kappa shape index (κ1) is 10.9. The van der Waals surface area contributed by atoms with E-state index in [0.29, 0.717) is 19.2 Å². The smallest absolute Gasteiger partial charge is 0.256 e. The van der Waals surface area contributed by atoms with Crippen LogP contribution in [0.25, 0.3) is 0 Å². The van der Waals surface area contributed by atoms with Gasteiger partial charge >= 0.3 is 0 Å². The van der Waals surface area contributed by atoms with Crippen LogP contribution in [0.3, 0.4) is 0 Å². The van der Waals surface area contributed by atoms with Gasteiger partial charge in [-0.05, 0) is 18.9 Å². The summed E-state index contributed by atoms with van der Waals surface area (Å²) < 4.78 is 26.3. The van der Waals surface area contributed by atoms with Crippen molar-refractivity contribution in [2.45, 2.75) is 12.8 Å². The molecule has 1 aliphatic rings. The van der Waals surface area contributed by atoms with Crippen molar-refractivity contribution in [1.82, 2.24) is 4.90 Å². The number of rotatable bonds is 1. The molecule has 1 aromatic rings. The quantitative estimate of drug-likeness (QED) is 0.742. The molecule has 0 atom stereocenters. The highest BCUT2D eigenvalue weighted by Gasteiger charge is 2.23. The number of nitrogens with two attached hydrogens (primary N) is 1. The average Bonchev–Trinajstić information content (AvgIpc) is 2.75. The molecule has 2 N–H and O–H groups in total. The van der Waals surface area contributed by atoms with Crippen molar-refractivity contribution in [3.05, 3.63) is 29.3 Å². The SMILES string of the molecule is Nc1cc(C(=O)N2CCCC2)c(F)cc1F. The van der Waals surface area contributed by atoms with E-state index in [9.17, 15) is 13.6 Å². The summed E-state index contributed by atoms with van der Waals surface area (Å²) in [7, 11) is 0. The minimum absolute atomic E-state index is 0.152. The summed E-state index contributed by atoms with van der Waals surface area (Å²) in [5.41, 5.74) is 4.96. The van der Waals surface area contributed by atoms with E-state index >= 15 is 0 Å². The van der Waals surface area contributed by atoms with Crippen molar-refractivity contribution < 1.29 is 13.6 Å². The van der Waals surface area contributed by atoms with Crippen molar-refractivity contribution in [3.8, 4) is 0 Å². The zero-order valence-electron chi connectivity index (χ0n) is 8.67. The van der Waals surface area contributed by atoms with Crippen LogP contribution in [0.5, 0.6) is 0 Å². The number of hydrogen-bond acceptors (Lipinski definition) is 2. The van der Waals surface area contributed by atoms with Crippen molar-refractivity contribution in [1.29, 1.82) is 0 Å². The molecule has 0 spiro atoms. The van der Waals surface area contributed by atoms with E-state index in [2.05, 4.69) is 0 Å². The number of halogens is 2.